The summed E-state index contributed by atoms with van der Waals surface area (Å²) in [7, 11) is 1.92. The van der Waals surface area contributed by atoms with E-state index in [0.29, 0.717) is 19.4 Å². The highest BCUT2D eigenvalue weighted by Gasteiger charge is 2.30. The lowest BCUT2D eigenvalue weighted by Gasteiger charge is -2.31. The first-order valence-electron chi connectivity index (χ1n) is 8.29. The Balaban J connectivity index is 1.56. The van der Waals surface area contributed by atoms with Crippen LogP contribution < -0.4 is 10.6 Å². The molecule has 1 aromatic carbocycles. The van der Waals surface area contributed by atoms with Gasteiger partial charge in [-0.2, -0.15) is 4.98 Å². The summed E-state index contributed by atoms with van der Waals surface area (Å²) < 4.78 is 13.3. The number of hydrogen-bond acceptors (Lipinski definition) is 5. The third kappa shape index (κ3) is 3.15. The van der Waals surface area contributed by atoms with Gasteiger partial charge in [0.05, 0.1) is 18.3 Å². The summed E-state index contributed by atoms with van der Waals surface area (Å²) in [5, 5.41) is 10.3. The van der Waals surface area contributed by atoms with Crippen LogP contribution in [0.3, 0.4) is 0 Å². The maximum atomic E-state index is 13.3. The number of hydrogen-bond donors (Lipinski definition) is 3. The predicted octanol–water partition coefficient (Wildman–Crippen LogP) is 2.55. The third-order valence-corrected chi connectivity index (χ3v) is 4.72. The van der Waals surface area contributed by atoms with Gasteiger partial charge in [-0.05, 0) is 37.1 Å². The number of anilines is 2. The molecule has 1 aliphatic carbocycles. The second kappa shape index (κ2) is 6.00. The van der Waals surface area contributed by atoms with Crippen LogP contribution in [0.15, 0.2) is 30.3 Å². The van der Waals surface area contributed by atoms with E-state index in [2.05, 4.69) is 15.0 Å². The minimum atomic E-state index is -0.248. The minimum Gasteiger partial charge on any atom is -0.393 e. The summed E-state index contributed by atoms with van der Waals surface area (Å²) in [6.45, 7) is 0.583. The van der Waals surface area contributed by atoms with Gasteiger partial charge in [0.25, 0.3) is 0 Å². The van der Waals surface area contributed by atoms with Crippen molar-refractivity contribution in [3.63, 3.8) is 0 Å². The maximum Gasteiger partial charge on any atom is 0.222 e. The quantitative estimate of drug-likeness (QED) is 0.678. The van der Waals surface area contributed by atoms with Crippen molar-refractivity contribution in [1.82, 2.24) is 15.0 Å². The molecule has 0 unspecified atom stereocenters. The molecule has 0 amide bonds. The van der Waals surface area contributed by atoms with Gasteiger partial charge in [-0.15, -0.1) is 0 Å². The molecule has 0 aliphatic heterocycles. The van der Waals surface area contributed by atoms with Gasteiger partial charge in [0, 0.05) is 35.6 Å². The fraction of sp³-hybridized carbons (Fsp3) is 0.333. The molecule has 2 aromatic heterocycles. The number of rotatable bonds is 4. The molecule has 0 spiro atoms. The number of halogens is 1. The van der Waals surface area contributed by atoms with Crippen molar-refractivity contribution in [3.8, 4) is 0 Å². The van der Waals surface area contributed by atoms with Crippen molar-refractivity contribution in [2.24, 2.45) is 0 Å². The monoisotopic (exact) mass is 341 g/mol. The van der Waals surface area contributed by atoms with Crippen molar-refractivity contribution in [2.45, 2.75) is 31.4 Å². The van der Waals surface area contributed by atoms with Gasteiger partial charge in [0.1, 0.15) is 11.6 Å². The van der Waals surface area contributed by atoms with E-state index in [1.54, 1.807) is 6.07 Å². The largest absolute Gasteiger partial charge is 0.393 e. The summed E-state index contributed by atoms with van der Waals surface area (Å²) in [6.07, 6.45) is 1.19. The highest BCUT2D eigenvalue weighted by Crippen LogP contribution is 2.36. The maximum absolute atomic E-state index is 13.3. The highest BCUT2D eigenvalue weighted by molar-refractivity contribution is 5.80. The van der Waals surface area contributed by atoms with E-state index in [0.717, 1.165) is 28.1 Å². The Kier molecular flexibility index (Phi) is 3.80. The third-order valence-electron chi connectivity index (χ3n) is 4.72. The number of H-pyrrole nitrogens is 1. The Bertz CT molecular complexity index is 919. The number of nitrogens with one attached hydrogen (secondary N) is 1. The molecule has 7 heteroatoms. The molecular formula is C18H20FN5O. The number of fused-ring (bicyclic) bond motifs is 1. The van der Waals surface area contributed by atoms with Gasteiger partial charge < -0.3 is 20.7 Å². The van der Waals surface area contributed by atoms with Crippen LogP contribution in [0.25, 0.3) is 10.9 Å². The first-order chi connectivity index (χ1) is 12.0. The Morgan fingerprint density at radius 1 is 1.28 bits per heavy atom. The van der Waals surface area contributed by atoms with Crippen LogP contribution in [0.2, 0.25) is 0 Å². The molecule has 1 aliphatic rings. The average molecular weight is 341 g/mol. The van der Waals surface area contributed by atoms with Crippen molar-refractivity contribution < 1.29 is 9.50 Å². The first-order valence-corrected chi connectivity index (χ1v) is 8.29. The zero-order valence-corrected chi connectivity index (χ0v) is 13.9. The van der Waals surface area contributed by atoms with Gasteiger partial charge in [-0.25, -0.2) is 9.37 Å². The molecular weight excluding hydrogens is 321 g/mol. The van der Waals surface area contributed by atoms with Gasteiger partial charge in [-0.3, -0.25) is 0 Å². The Morgan fingerprint density at radius 2 is 2.08 bits per heavy atom. The molecule has 2 heterocycles. The number of aromatic nitrogens is 3. The smallest absolute Gasteiger partial charge is 0.222 e. The summed E-state index contributed by atoms with van der Waals surface area (Å²) in [4.78, 5) is 13.9. The normalized spacial score (nSPS) is 19.8. The molecule has 0 saturated heterocycles. The fourth-order valence-electron chi connectivity index (χ4n) is 3.29. The molecule has 4 rings (SSSR count). The van der Waals surface area contributed by atoms with Crippen LogP contribution in [0, 0.1) is 5.82 Å². The van der Waals surface area contributed by atoms with Crippen molar-refractivity contribution in [1.29, 1.82) is 0 Å². The standard InChI is InChI=1S/C18H20FN5O/c1-24(9-13-5-10-4-12(19)2-3-15(10)21-13)17-8-16(22-18(20)23-17)11-6-14(25)7-11/h2-5,8,11,14,21,25H,6-7,9H2,1H3,(H2,20,22,23). The van der Waals surface area contributed by atoms with E-state index < -0.39 is 0 Å². The fourth-order valence-corrected chi connectivity index (χ4v) is 3.29. The van der Waals surface area contributed by atoms with Gasteiger partial charge in [0.2, 0.25) is 5.95 Å². The number of aliphatic hydroxyl groups is 1. The number of nitrogen functional groups attached to an aromatic ring is 1. The van der Waals surface area contributed by atoms with Crippen LogP contribution in [-0.4, -0.2) is 33.2 Å². The lowest BCUT2D eigenvalue weighted by molar-refractivity contribution is 0.0732. The SMILES string of the molecule is CN(Cc1cc2cc(F)ccc2[nH]1)c1cc(C2CC(O)C2)nc(N)n1. The molecule has 0 bridgehead atoms. The first kappa shape index (κ1) is 15.8. The highest BCUT2D eigenvalue weighted by atomic mass is 19.1. The summed E-state index contributed by atoms with van der Waals surface area (Å²) in [5.74, 6) is 0.957. The predicted molar refractivity (Wildman–Crippen MR) is 94.8 cm³/mol. The van der Waals surface area contributed by atoms with E-state index in [-0.39, 0.29) is 23.8 Å². The molecule has 0 radical (unpaired) electrons. The Morgan fingerprint density at radius 3 is 2.84 bits per heavy atom. The van der Waals surface area contributed by atoms with E-state index >= 15 is 0 Å². The van der Waals surface area contributed by atoms with Crippen molar-refractivity contribution in [3.05, 3.63) is 47.5 Å². The van der Waals surface area contributed by atoms with Crippen LogP contribution in [-0.2, 0) is 6.54 Å². The zero-order valence-electron chi connectivity index (χ0n) is 13.9. The van der Waals surface area contributed by atoms with Gasteiger partial charge >= 0.3 is 0 Å². The van der Waals surface area contributed by atoms with Crippen LogP contribution in [0.4, 0.5) is 16.2 Å². The lowest BCUT2D eigenvalue weighted by atomic mass is 9.80. The van der Waals surface area contributed by atoms with Gasteiger partial charge in [0.15, 0.2) is 0 Å². The molecule has 130 valence electrons. The summed E-state index contributed by atoms with van der Waals surface area (Å²) in [5.41, 5.74) is 8.59. The van der Waals surface area contributed by atoms with Crippen LogP contribution in [0.1, 0.15) is 30.1 Å². The molecule has 1 saturated carbocycles. The van der Waals surface area contributed by atoms with Crippen molar-refractivity contribution in [2.75, 3.05) is 17.7 Å². The number of benzene rings is 1. The van der Waals surface area contributed by atoms with Crippen LogP contribution >= 0.6 is 0 Å². The van der Waals surface area contributed by atoms with E-state index in [1.165, 1.54) is 12.1 Å². The van der Waals surface area contributed by atoms with E-state index in [4.69, 9.17) is 5.73 Å². The molecule has 1 fully saturated rings. The average Bonchev–Trinajstić information content (AvgIpc) is 2.92. The van der Waals surface area contributed by atoms with E-state index in [9.17, 15) is 9.50 Å². The number of aromatic amines is 1. The van der Waals surface area contributed by atoms with E-state index in [1.807, 2.05) is 24.1 Å². The summed E-state index contributed by atoms with van der Waals surface area (Å²) in [6, 6.07) is 8.55. The molecule has 3 aromatic rings. The molecule has 4 N–H and O–H groups in total. The van der Waals surface area contributed by atoms with Gasteiger partial charge in [-0.1, -0.05) is 0 Å². The molecule has 6 nitrogen and oxygen atoms in total. The second-order valence-electron chi connectivity index (χ2n) is 6.71. The number of aliphatic hydroxyl groups excluding tert-OH is 1. The zero-order chi connectivity index (χ0) is 17.6. The Hall–Kier alpha value is -2.67. The van der Waals surface area contributed by atoms with Crippen molar-refractivity contribution >= 4 is 22.7 Å². The molecule has 25 heavy (non-hydrogen) atoms. The molecule has 0 atom stereocenters. The second-order valence-corrected chi connectivity index (χ2v) is 6.71. The number of nitrogens with two attached hydrogens (primary N) is 1. The number of nitrogens with zero attached hydrogens (tertiary/aromatic N) is 3. The topological polar surface area (TPSA) is 91.1 Å². The Labute approximate surface area is 144 Å². The summed E-state index contributed by atoms with van der Waals surface area (Å²) >= 11 is 0. The van der Waals surface area contributed by atoms with Crippen LogP contribution in [0.5, 0.6) is 0 Å². The lowest BCUT2D eigenvalue weighted by Crippen LogP contribution is -2.28. The minimum absolute atomic E-state index is 0.236.